The van der Waals surface area contributed by atoms with Gasteiger partial charge < -0.3 is 4.90 Å². The van der Waals surface area contributed by atoms with Crippen LogP contribution in [0.15, 0.2) is 30.6 Å². The van der Waals surface area contributed by atoms with Crippen LogP contribution in [0.2, 0.25) is 0 Å². The van der Waals surface area contributed by atoms with E-state index in [1.807, 2.05) is 7.05 Å². The summed E-state index contributed by atoms with van der Waals surface area (Å²) in [7, 11) is 2.00. The van der Waals surface area contributed by atoms with Crippen LogP contribution in [0.5, 0.6) is 0 Å². The first-order valence-corrected chi connectivity index (χ1v) is 7.54. The number of anilines is 1. The number of thiophene rings is 1. The third-order valence-corrected chi connectivity index (χ3v) is 4.76. The molecule has 2 heterocycles. The van der Waals surface area contributed by atoms with E-state index in [0.717, 1.165) is 21.6 Å². The normalized spacial score (nSPS) is 11.0. The quantitative estimate of drug-likeness (QED) is 0.730. The Kier molecular flexibility index (Phi) is 3.59. The number of hydrogen-bond acceptors (Lipinski definition) is 4. The number of aromatic nitrogens is 2. The summed E-state index contributed by atoms with van der Waals surface area (Å²) in [6.45, 7) is 4.89. The Hall–Kier alpha value is -2.01. The maximum Gasteiger partial charge on any atom is 0.141 e. The molecule has 108 valence electrons. The summed E-state index contributed by atoms with van der Waals surface area (Å²) in [6, 6.07) is 6.57. The van der Waals surface area contributed by atoms with E-state index in [-0.39, 0.29) is 5.82 Å². The highest BCUT2D eigenvalue weighted by Crippen LogP contribution is 2.34. The zero-order valence-corrected chi connectivity index (χ0v) is 13.0. The van der Waals surface area contributed by atoms with Gasteiger partial charge in [-0.2, -0.15) is 0 Å². The summed E-state index contributed by atoms with van der Waals surface area (Å²) in [5.41, 5.74) is 2.28. The fourth-order valence-electron chi connectivity index (χ4n) is 2.39. The van der Waals surface area contributed by atoms with Crippen molar-refractivity contribution in [2.45, 2.75) is 20.4 Å². The van der Waals surface area contributed by atoms with Gasteiger partial charge in [0.05, 0.1) is 5.39 Å². The zero-order valence-electron chi connectivity index (χ0n) is 12.2. The van der Waals surface area contributed by atoms with E-state index in [1.54, 1.807) is 29.8 Å². The lowest BCUT2D eigenvalue weighted by atomic mass is 10.2. The Morgan fingerprint density at radius 1 is 1.14 bits per heavy atom. The second kappa shape index (κ2) is 5.41. The van der Waals surface area contributed by atoms with Crippen molar-refractivity contribution in [3.8, 4) is 0 Å². The van der Waals surface area contributed by atoms with Gasteiger partial charge in [-0.1, -0.05) is 12.1 Å². The minimum absolute atomic E-state index is 0.213. The third-order valence-electron chi connectivity index (χ3n) is 3.64. The molecule has 0 aliphatic rings. The molecular weight excluding hydrogens is 285 g/mol. The Bertz CT molecular complexity index is 780. The summed E-state index contributed by atoms with van der Waals surface area (Å²) in [5, 5.41) is 1.12. The number of aryl methyl sites for hydroxylation is 2. The van der Waals surface area contributed by atoms with Crippen LogP contribution >= 0.6 is 11.3 Å². The highest BCUT2D eigenvalue weighted by molar-refractivity contribution is 7.18. The molecule has 2 aromatic heterocycles. The van der Waals surface area contributed by atoms with Gasteiger partial charge in [0, 0.05) is 18.5 Å². The highest BCUT2D eigenvalue weighted by atomic mass is 32.1. The van der Waals surface area contributed by atoms with Crippen molar-refractivity contribution < 1.29 is 4.39 Å². The number of hydrogen-bond donors (Lipinski definition) is 0. The second-order valence-electron chi connectivity index (χ2n) is 5.14. The minimum Gasteiger partial charge on any atom is -0.355 e. The highest BCUT2D eigenvalue weighted by Gasteiger charge is 2.15. The molecule has 3 nitrogen and oxygen atoms in total. The van der Waals surface area contributed by atoms with Gasteiger partial charge in [-0.05, 0) is 37.1 Å². The van der Waals surface area contributed by atoms with Crippen molar-refractivity contribution in [3.05, 3.63) is 52.4 Å². The average molecular weight is 301 g/mol. The number of rotatable bonds is 3. The predicted molar refractivity (Wildman–Crippen MR) is 85.4 cm³/mol. The van der Waals surface area contributed by atoms with Crippen molar-refractivity contribution in [2.24, 2.45) is 0 Å². The zero-order chi connectivity index (χ0) is 15.0. The lowest BCUT2D eigenvalue weighted by Crippen LogP contribution is -2.18. The van der Waals surface area contributed by atoms with E-state index in [0.29, 0.717) is 6.54 Å². The summed E-state index contributed by atoms with van der Waals surface area (Å²) < 4.78 is 13.0. The number of nitrogens with zero attached hydrogens (tertiary/aromatic N) is 3. The monoisotopic (exact) mass is 301 g/mol. The van der Waals surface area contributed by atoms with Crippen molar-refractivity contribution in [2.75, 3.05) is 11.9 Å². The molecule has 0 atom stereocenters. The molecule has 0 saturated carbocycles. The molecule has 0 spiro atoms. The van der Waals surface area contributed by atoms with Crippen molar-refractivity contribution in [3.63, 3.8) is 0 Å². The standard InChI is InChI=1S/C16H16FN3S/c1-10-11(2)21-16-14(10)15(18-9-19-16)20(3)8-12-4-6-13(17)7-5-12/h4-7,9H,8H2,1-3H3. The van der Waals surface area contributed by atoms with Crippen molar-refractivity contribution >= 4 is 27.4 Å². The number of benzene rings is 1. The second-order valence-corrected chi connectivity index (χ2v) is 6.35. The SMILES string of the molecule is Cc1sc2ncnc(N(C)Cc3ccc(F)cc3)c2c1C. The lowest BCUT2D eigenvalue weighted by Gasteiger charge is -2.19. The van der Waals surface area contributed by atoms with Gasteiger partial charge in [0.25, 0.3) is 0 Å². The van der Waals surface area contributed by atoms with Crippen molar-refractivity contribution in [1.82, 2.24) is 9.97 Å². The molecule has 1 aromatic carbocycles. The summed E-state index contributed by atoms with van der Waals surface area (Å²) in [4.78, 5) is 13.2. The Morgan fingerprint density at radius 3 is 2.57 bits per heavy atom. The fraction of sp³-hybridized carbons (Fsp3) is 0.250. The van der Waals surface area contributed by atoms with E-state index in [4.69, 9.17) is 0 Å². The van der Waals surface area contributed by atoms with Crippen LogP contribution in [0, 0.1) is 19.7 Å². The van der Waals surface area contributed by atoms with Gasteiger partial charge in [0.15, 0.2) is 0 Å². The topological polar surface area (TPSA) is 29.0 Å². The third kappa shape index (κ3) is 2.61. The molecule has 0 aliphatic heterocycles. The smallest absolute Gasteiger partial charge is 0.141 e. The molecule has 3 aromatic rings. The molecular formula is C16H16FN3S. The van der Waals surface area contributed by atoms with Gasteiger partial charge in [-0.3, -0.25) is 0 Å². The Labute approximate surface area is 127 Å². The Morgan fingerprint density at radius 2 is 1.86 bits per heavy atom. The largest absolute Gasteiger partial charge is 0.355 e. The average Bonchev–Trinajstić information content (AvgIpc) is 2.76. The van der Waals surface area contributed by atoms with Crippen LogP contribution in [-0.2, 0) is 6.54 Å². The number of halogens is 1. The fourth-order valence-corrected chi connectivity index (χ4v) is 3.38. The molecule has 0 unspecified atom stereocenters. The van der Waals surface area contributed by atoms with E-state index in [9.17, 15) is 4.39 Å². The van der Waals surface area contributed by atoms with Crippen LogP contribution in [0.4, 0.5) is 10.2 Å². The van der Waals surface area contributed by atoms with Gasteiger partial charge in [0.2, 0.25) is 0 Å². The first-order valence-electron chi connectivity index (χ1n) is 6.72. The van der Waals surface area contributed by atoms with Gasteiger partial charge >= 0.3 is 0 Å². The molecule has 5 heteroatoms. The minimum atomic E-state index is -0.213. The van der Waals surface area contributed by atoms with E-state index >= 15 is 0 Å². The van der Waals surface area contributed by atoms with E-state index in [2.05, 4.69) is 28.7 Å². The molecule has 0 saturated heterocycles. The molecule has 3 rings (SSSR count). The molecule has 0 N–H and O–H groups in total. The first kappa shape index (κ1) is 13.9. The van der Waals surface area contributed by atoms with Crippen LogP contribution in [0.25, 0.3) is 10.2 Å². The van der Waals surface area contributed by atoms with Gasteiger partial charge in [0.1, 0.15) is 22.8 Å². The molecule has 0 amide bonds. The molecule has 0 radical (unpaired) electrons. The van der Waals surface area contributed by atoms with Crippen LogP contribution < -0.4 is 4.90 Å². The molecule has 0 fully saturated rings. The predicted octanol–water partition coefficient (Wildman–Crippen LogP) is 4.08. The van der Waals surface area contributed by atoms with Crippen LogP contribution in [0.1, 0.15) is 16.0 Å². The van der Waals surface area contributed by atoms with Crippen LogP contribution in [-0.4, -0.2) is 17.0 Å². The number of fused-ring (bicyclic) bond motifs is 1. The molecule has 0 aliphatic carbocycles. The van der Waals surface area contributed by atoms with Crippen molar-refractivity contribution in [1.29, 1.82) is 0 Å². The Balaban J connectivity index is 1.97. The summed E-state index contributed by atoms with van der Waals surface area (Å²) >= 11 is 1.69. The van der Waals surface area contributed by atoms with Gasteiger partial charge in [-0.25, -0.2) is 14.4 Å². The van der Waals surface area contributed by atoms with Gasteiger partial charge in [-0.15, -0.1) is 11.3 Å². The first-order chi connectivity index (χ1) is 10.1. The van der Waals surface area contributed by atoms with E-state index < -0.39 is 0 Å². The lowest BCUT2D eigenvalue weighted by molar-refractivity contribution is 0.627. The summed E-state index contributed by atoms with van der Waals surface area (Å²) in [5.74, 6) is 0.710. The van der Waals surface area contributed by atoms with E-state index in [1.165, 1.54) is 22.6 Å². The molecule has 0 bridgehead atoms. The maximum atomic E-state index is 13.0. The molecule has 21 heavy (non-hydrogen) atoms. The summed E-state index contributed by atoms with van der Waals surface area (Å²) in [6.07, 6.45) is 1.61. The maximum absolute atomic E-state index is 13.0. The van der Waals surface area contributed by atoms with Crippen LogP contribution in [0.3, 0.4) is 0 Å².